The third-order valence-corrected chi connectivity index (χ3v) is 11.2. The highest BCUT2D eigenvalue weighted by Crippen LogP contribution is 2.63. The summed E-state index contributed by atoms with van der Waals surface area (Å²) < 4.78 is -0.744. The standard InChI is InChI=1S/C37H44N4OS/c1-4-43-37(28-13-7-5-8-14-28,29-15-9-6-10-16-29)35(42)38-26-27-21-23-36(24-22-27)25-30(36)19-20-33-39-32-18-12-11-17-31(32)34(40-33)41(2)3/h5-18,27,30H,4,19-26H2,1-3H3,(H,38,42). The summed E-state index contributed by atoms with van der Waals surface area (Å²) >= 11 is 1.72. The molecule has 1 unspecified atom stereocenters. The summed E-state index contributed by atoms with van der Waals surface area (Å²) in [6.45, 7) is 2.89. The summed E-state index contributed by atoms with van der Waals surface area (Å²) in [7, 11) is 4.11. The number of nitrogens with one attached hydrogen (secondary N) is 1. The maximum Gasteiger partial charge on any atom is 0.245 e. The SMILES string of the molecule is CCSC(C(=O)NCC1CCC2(CC1)CC2CCc1nc(N(C)C)c2ccccc2n1)(c1ccccc1)c1ccccc1. The first-order valence-corrected chi connectivity index (χ1v) is 16.9. The van der Waals surface area contributed by atoms with Crippen LogP contribution in [0.5, 0.6) is 0 Å². The van der Waals surface area contributed by atoms with Gasteiger partial charge in [0.15, 0.2) is 0 Å². The van der Waals surface area contributed by atoms with Crippen LogP contribution in [0.1, 0.15) is 62.4 Å². The van der Waals surface area contributed by atoms with Gasteiger partial charge < -0.3 is 10.2 Å². The summed E-state index contributed by atoms with van der Waals surface area (Å²) in [5.74, 6) is 4.24. The minimum atomic E-state index is -0.744. The van der Waals surface area contributed by atoms with E-state index >= 15 is 0 Å². The minimum absolute atomic E-state index is 0.105. The summed E-state index contributed by atoms with van der Waals surface area (Å²) in [6.07, 6.45) is 8.36. The molecule has 1 atom stereocenters. The molecule has 6 rings (SSSR count). The highest BCUT2D eigenvalue weighted by atomic mass is 32.2. The van der Waals surface area contributed by atoms with Crippen molar-refractivity contribution in [1.82, 2.24) is 15.3 Å². The molecule has 1 amide bonds. The van der Waals surface area contributed by atoms with E-state index < -0.39 is 4.75 Å². The molecule has 43 heavy (non-hydrogen) atoms. The second-order valence-electron chi connectivity index (χ2n) is 12.7. The molecule has 0 radical (unpaired) electrons. The zero-order valence-corrected chi connectivity index (χ0v) is 26.6. The Labute approximate surface area is 260 Å². The lowest BCUT2D eigenvalue weighted by Crippen LogP contribution is -2.45. The van der Waals surface area contributed by atoms with Gasteiger partial charge in [-0.05, 0) is 84.8 Å². The Hall–Kier alpha value is -3.38. The molecule has 4 aromatic rings. The number of aryl methyl sites for hydroxylation is 1. The second-order valence-corrected chi connectivity index (χ2v) is 14.2. The average Bonchev–Trinajstić information content (AvgIpc) is 3.73. The normalized spacial score (nSPS) is 21.6. The highest BCUT2D eigenvalue weighted by Gasteiger charge is 2.54. The van der Waals surface area contributed by atoms with Gasteiger partial charge in [0.05, 0.1) is 5.52 Å². The predicted octanol–water partition coefficient (Wildman–Crippen LogP) is 7.64. The van der Waals surface area contributed by atoms with Crippen LogP contribution in [-0.4, -0.2) is 42.3 Å². The number of para-hydroxylation sites is 1. The molecule has 1 spiro atoms. The Morgan fingerprint density at radius 1 is 0.930 bits per heavy atom. The first-order valence-electron chi connectivity index (χ1n) is 15.9. The molecule has 3 aromatic carbocycles. The lowest BCUT2D eigenvalue weighted by Gasteiger charge is -2.35. The maximum absolute atomic E-state index is 14.1. The van der Waals surface area contributed by atoms with Crippen molar-refractivity contribution in [1.29, 1.82) is 0 Å². The van der Waals surface area contributed by atoms with Crippen molar-refractivity contribution in [2.24, 2.45) is 17.3 Å². The topological polar surface area (TPSA) is 58.1 Å². The van der Waals surface area contributed by atoms with E-state index in [-0.39, 0.29) is 5.91 Å². The van der Waals surface area contributed by atoms with Gasteiger partial charge in [0.2, 0.25) is 5.91 Å². The summed E-state index contributed by atoms with van der Waals surface area (Å²) in [5.41, 5.74) is 3.62. The van der Waals surface area contributed by atoms with Crippen LogP contribution in [0.3, 0.4) is 0 Å². The Balaban J connectivity index is 1.06. The van der Waals surface area contributed by atoms with Crippen molar-refractivity contribution >= 4 is 34.4 Å². The molecule has 2 aliphatic rings. The van der Waals surface area contributed by atoms with Crippen LogP contribution >= 0.6 is 11.8 Å². The van der Waals surface area contributed by atoms with Crippen molar-refractivity contribution in [2.75, 3.05) is 31.3 Å². The number of hydrogen-bond donors (Lipinski definition) is 1. The first kappa shape index (κ1) is 29.7. The highest BCUT2D eigenvalue weighted by molar-refractivity contribution is 8.01. The Morgan fingerprint density at radius 3 is 2.19 bits per heavy atom. The van der Waals surface area contributed by atoms with Crippen LogP contribution in [0.15, 0.2) is 84.9 Å². The molecule has 2 aliphatic carbocycles. The van der Waals surface area contributed by atoms with Crippen molar-refractivity contribution in [3.8, 4) is 0 Å². The molecule has 2 fully saturated rings. The minimum Gasteiger partial charge on any atom is -0.362 e. The number of amides is 1. The van der Waals surface area contributed by atoms with Crippen molar-refractivity contribution in [3.05, 3.63) is 102 Å². The molecule has 1 heterocycles. The molecule has 1 N–H and O–H groups in total. The third-order valence-electron chi connectivity index (χ3n) is 9.82. The van der Waals surface area contributed by atoms with Gasteiger partial charge in [-0.25, -0.2) is 9.97 Å². The molecular formula is C37H44N4OS. The van der Waals surface area contributed by atoms with Gasteiger partial charge >= 0.3 is 0 Å². The maximum atomic E-state index is 14.1. The number of carbonyl (C=O) groups excluding carboxylic acids is 1. The fraction of sp³-hybridized carbons (Fsp3) is 0.432. The lowest BCUT2D eigenvalue weighted by atomic mass is 9.78. The van der Waals surface area contributed by atoms with E-state index in [1.54, 1.807) is 11.8 Å². The van der Waals surface area contributed by atoms with Gasteiger partial charge in [-0.15, -0.1) is 11.8 Å². The van der Waals surface area contributed by atoms with Crippen LogP contribution in [-0.2, 0) is 16.0 Å². The molecule has 0 saturated heterocycles. The zero-order valence-electron chi connectivity index (χ0n) is 25.8. The van der Waals surface area contributed by atoms with Crippen LogP contribution in [0, 0.1) is 17.3 Å². The number of hydrogen-bond acceptors (Lipinski definition) is 5. The Morgan fingerprint density at radius 2 is 1.56 bits per heavy atom. The molecule has 6 heteroatoms. The van der Waals surface area contributed by atoms with Crippen molar-refractivity contribution in [2.45, 2.75) is 56.6 Å². The summed E-state index contributed by atoms with van der Waals surface area (Å²) in [4.78, 5) is 26.0. The van der Waals surface area contributed by atoms with Crippen LogP contribution in [0.2, 0.25) is 0 Å². The van der Waals surface area contributed by atoms with E-state index in [2.05, 4.69) is 79.8 Å². The Kier molecular flexibility index (Phi) is 8.76. The summed E-state index contributed by atoms with van der Waals surface area (Å²) in [5, 5.41) is 4.54. The van der Waals surface area contributed by atoms with E-state index in [1.165, 1.54) is 32.1 Å². The quantitative estimate of drug-likeness (QED) is 0.194. The number of thioether (sulfide) groups is 1. The van der Waals surface area contributed by atoms with E-state index in [0.717, 1.165) is 64.7 Å². The molecular weight excluding hydrogens is 549 g/mol. The smallest absolute Gasteiger partial charge is 0.245 e. The molecule has 224 valence electrons. The molecule has 1 aromatic heterocycles. The second kappa shape index (κ2) is 12.7. The number of rotatable bonds is 11. The van der Waals surface area contributed by atoms with Crippen LogP contribution in [0.4, 0.5) is 5.82 Å². The Bertz CT molecular complexity index is 1490. The number of nitrogens with zero attached hydrogens (tertiary/aromatic N) is 3. The molecule has 0 bridgehead atoms. The van der Waals surface area contributed by atoms with Gasteiger partial charge in [0, 0.05) is 32.4 Å². The first-order chi connectivity index (χ1) is 20.9. The number of benzene rings is 3. The van der Waals surface area contributed by atoms with Crippen molar-refractivity contribution < 1.29 is 4.79 Å². The monoisotopic (exact) mass is 592 g/mol. The van der Waals surface area contributed by atoms with Gasteiger partial charge in [-0.2, -0.15) is 0 Å². The fourth-order valence-electron chi connectivity index (χ4n) is 7.36. The number of carbonyl (C=O) groups is 1. The molecule has 5 nitrogen and oxygen atoms in total. The molecule has 2 saturated carbocycles. The predicted molar refractivity (Wildman–Crippen MR) is 179 cm³/mol. The molecule has 0 aliphatic heterocycles. The van der Waals surface area contributed by atoms with Crippen LogP contribution in [0.25, 0.3) is 10.9 Å². The summed E-state index contributed by atoms with van der Waals surface area (Å²) in [6, 6.07) is 28.9. The largest absolute Gasteiger partial charge is 0.362 e. The van der Waals surface area contributed by atoms with Gasteiger partial charge in [-0.3, -0.25) is 4.79 Å². The fourth-order valence-corrected chi connectivity index (χ4v) is 8.60. The van der Waals surface area contributed by atoms with E-state index in [1.807, 2.05) is 36.4 Å². The average molecular weight is 593 g/mol. The van der Waals surface area contributed by atoms with E-state index in [9.17, 15) is 4.79 Å². The van der Waals surface area contributed by atoms with Crippen molar-refractivity contribution in [3.63, 3.8) is 0 Å². The zero-order chi connectivity index (χ0) is 29.9. The van der Waals surface area contributed by atoms with E-state index in [0.29, 0.717) is 11.3 Å². The number of anilines is 1. The lowest BCUT2D eigenvalue weighted by molar-refractivity contribution is -0.123. The third kappa shape index (κ3) is 6.04. The van der Waals surface area contributed by atoms with E-state index in [4.69, 9.17) is 9.97 Å². The van der Waals surface area contributed by atoms with Gasteiger partial charge in [0.1, 0.15) is 16.4 Å². The number of fused-ring (bicyclic) bond motifs is 1. The van der Waals surface area contributed by atoms with Gasteiger partial charge in [0.25, 0.3) is 0 Å². The van der Waals surface area contributed by atoms with Crippen LogP contribution < -0.4 is 10.2 Å². The number of aromatic nitrogens is 2. The van der Waals surface area contributed by atoms with Gasteiger partial charge in [-0.1, -0.05) is 79.7 Å².